The summed E-state index contributed by atoms with van der Waals surface area (Å²) in [5.41, 5.74) is 1.75. The maximum absolute atomic E-state index is 10.8. The predicted octanol–water partition coefficient (Wildman–Crippen LogP) is 4.37. The van der Waals surface area contributed by atoms with E-state index in [0.29, 0.717) is 17.4 Å². The van der Waals surface area contributed by atoms with Gasteiger partial charge in [-0.25, -0.2) is 0 Å². The quantitative estimate of drug-likeness (QED) is 0.913. The second kappa shape index (κ2) is 6.17. The Kier molecular flexibility index (Phi) is 4.27. The molecule has 0 saturated heterocycles. The highest BCUT2D eigenvalue weighted by Gasteiger charge is 2.34. The number of nitrogens with zero attached hydrogens (tertiary/aromatic N) is 1. The zero-order chi connectivity index (χ0) is 14.7. The average molecular weight is 302 g/mol. The fourth-order valence-corrected chi connectivity index (χ4v) is 3.48. The Morgan fingerprint density at radius 3 is 2.52 bits per heavy atom. The van der Waals surface area contributed by atoms with Crippen molar-refractivity contribution < 1.29 is 5.11 Å². The second-order valence-electron chi connectivity index (χ2n) is 6.05. The molecular formula is C18H20ClNO. The van der Waals surface area contributed by atoms with Crippen molar-refractivity contribution in [2.75, 3.05) is 0 Å². The molecule has 0 aliphatic heterocycles. The minimum Gasteiger partial charge on any atom is -0.390 e. The smallest absolute Gasteiger partial charge is 0.0689 e. The molecule has 1 aliphatic carbocycles. The van der Waals surface area contributed by atoms with E-state index in [0.717, 1.165) is 31.2 Å². The summed E-state index contributed by atoms with van der Waals surface area (Å²) < 4.78 is 0. The zero-order valence-electron chi connectivity index (χ0n) is 12.0. The Morgan fingerprint density at radius 2 is 1.86 bits per heavy atom. The van der Waals surface area contributed by atoms with Crippen LogP contribution in [-0.2, 0) is 6.42 Å². The van der Waals surface area contributed by atoms with Gasteiger partial charge in [-0.1, -0.05) is 41.9 Å². The number of rotatable bonds is 3. The molecule has 0 unspecified atom stereocenters. The predicted molar refractivity (Wildman–Crippen MR) is 85.6 cm³/mol. The van der Waals surface area contributed by atoms with E-state index in [1.807, 2.05) is 12.1 Å². The van der Waals surface area contributed by atoms with Crippen molar-refractivity contribution >= 4 is 11.6 Å². The first-order valence-corrected chi connectivity index (χ1v) is 7.90. The van der Waals surface area contributed by atoms with Gasteiger partial charge in [-0.15, -0.1) is 0 Å². The Bertz CT molecular complexity index is 591. The molecule has 3 heteroatoms. The topological polar surface area (TPSA) is 33.1 Å². The minimum absolute atomic E-state index is 0.569. The van der Waals surface area contributed by atoms with Crippen molar-refractivity contribution in [3.05, 3.63) is 64.9 Å². The molecule has 2 nitrogen and oxygen atoms in total. The molecule has 21 heavy (non-hydrogen) atoms. The molecule has 2 aromatic rings. The molecule has 1 aliphatic rings. The van der Waals surface area contributed by atoms with Crippen LogP contribution >= 0.6 is 11.6 Å². The number of benzene rings is 1. The van der Waals surface area contributed by atoms with Crippen LogP contribution in [0.4, 0.5) is 0 Å². The lowest BCUT2D eigenvalue weighted by molar-refractivity contribution is -0.000454. The third kappa shape index (κ3) is 3.45. The van der Waals surface area contributed by atoms with Gasteiger partial charge in [0.25, 0.3) is 0 Å². The molecule has 0 atom stereocenters. The van der Waals surface area contributed by atoms with Crippen LogP contribution in [0.15, 0.2) is 48.8 Å². The first kappa shape index (κ1) is 14.6. The second-order valence-corrected chi connectivity index (χ2v) is 6.46. The Morgan fingerprint density at radius 1 is 1.14 bits per heavy atom. The number of pyridine rings is 1. The van der Waals surface area contributed by atoms with Gasteiger partial charge in [0, 0.05) is 18.8 Å². The molecule has 1 heterocycles. The Hall–Kier alpha value is -1.38. The molecule has 0 bridgehead atoms. The monoisotopic (exact) mass is 301 g/mol. The van der Waals surface area contributed by atoms with Gasteiger partial charge in [-0.3, -0.25) is 4.98 Å². The zero-order valence-corrected chi connectivity index (χ0v) is 12.8. The van der Waals surface area contributed by atoms with Crippen LogP contribution < -0.4 is 0 Å². The number of aliphatic hydroxyl groups is 1. The lowest BCUT2D eigenvalue weighted by Crippen LogP contribution is -2.35. The highest BCUT2D eigenvalue weighted by Crippen LogP contribution is 2.40. The molecule has 1 saturated carbocycles. The van der Waals surface area contributed by atoms with Crippen LogP contribution in [0, 0.1) is 0 Å². The summed E-state index contributed by atoms with van der Waals surface area (Å²) in [6.07, 6.45) is 7.72. The normalized spacial score (nSPS) is 25.7. The number of hydrogen-bond acceptors (Lipinski definition) is 2. The van der Waals surface area contributed by atoms with E-state index in [-0.39, 0.29) is 0 Å². The van der Waals surface area contributed by atoms with Crippen LogP contribution in [0.25, 0.3) is 0 Å². The summed E-state index contributed by atoms with van der Waals surface area (Å²) in [7, 11) is 0. The number of aromatic nitrogens is 1. The third-order valence-electron chi connectivity index (χ3n) is 4.56. The van der Waals surface area contributed by atoms with Gasteiger partial charge in [0.05, 0.1) is 10.6 Å². The minimum atomic E-state index is -0.629. The van der Waals surface area contributed by atoms with Gasteiger partial charge in [-0.2, -0.15) is 0 Å². The summed E-state index contributed by atoms with van der Waals surface area (Å²) in [5.74, 6) is 0.569. The van der Waals surface area contributed by atoms with Crippen LogP contribution in [0.1, 0.15) is 42.7 Å². The van der Waals surface area contributed by atoms with E-state index in [2.05, 4.69) is 29.2 Å². The molecule has 3 rings (SSSR count). The van der Waals surface area contributed by atoms with Gasteiger partial charge >= 0.3 is 0 Å². The van der Waals surface area contributed by atoms with Gasteiger partial charge in [0.1, 0.15) is 0 Å². The largest absolute Gasteiger partial charge is 0.390 e. The van der Waals surface area contributed by atoms with Crippen molar-refractivity contribution in [3.8, 4) is 0 Å². The van der Waals surface area contributed by atoms with Crippen LogP contribution in [-0.4, -0.2) is 15.7 Å². The Labute approximate surface area is 130 Å². The molecule has 1 fully saturated rings. The van der Waals surface area contributed by atoms with Crippen molar-refractivity contribution in [1.29, 1.82) is 0 Å². The van der Waals surface area contributed by atoms with E-state index < -0.39 is 5.60 Å². The molecule has 0 spiro atoms. The first-order valence-electron chi connectivity index (χ1n) is 7.52. The lowest BCUT2D eigenvalue weighted by Gasteiger charge is -2.36. The summed E-state index contributed by atoms with van der Waals surface area (Å²) in [4.78, 5) is 4.00. The van der Waals surface area contributed by atoms with Crippen molar-refractivity contribution in [3.63, 3.8) is 0 Å². The summed E-state index contributed by atoms with van der Waals surface area (Å²) in [5, 5.41) is 11.5. The Balaban J connectivity index is 1.66. The number of halogens is 1. The third-order valence-corrected chi connectivity index (χ3v) is 4.90. The molecule has 0 radical (unpaired) electrons. The SMILES string of the molecule is OC1(Cc2ccncc2Cl)CCC(c2ccccc2)CC1. The van der Waals surface area contributed by atoms with E-state index in [1.54, 1.807) is 12.4 Å². The van der Waals surface area contributed by atoms with Crippen LogP contribution in [0.2, 0.25) is 5.02 Å². The fourth-order valence-electron chi connectivity index (χ4n) is 3.29. The summed E-state index contributed by atoms with van der Waals surface area (Å²) >= 11 is 6.16. The van der Waals surface area contributed by atoms with Crippen molar-refractivity contribution in [2.45, 2.75) is 43.6 Å². The van der Waals surface area contributed by atoms with Gasteiger partial charge in [0.2, 0.25) is 0 Å². The van der Waals surface area contributed by atoms with Crippen LogP contribution in [0.5, 0.6) is 0 Å². The standard InChI is InChI=1S/C18H20ClNO/c19-17-13-20-11-8-16(17)12-18(21)9-6-15(7-10-18)14-4-2-1-3-5-14/h1-5,8,11,13,15,21H,6-7,9-10,12H2. The average Bonchev–Trinajstić information content (AvgIpc) is 2.51. The van der Waals surface area contributed by atoms with E-state index in [9.17, 15) is 5.11 Å². The fraction of sp³-hybridized carbons (Fsp3) is 0.389. The molecule has 1 aromatic heterocycles. The molecular weight excluding hydrogens is 282 g/mol. The highest BCUT2D eigenvalue weighted by atomic mass is 35.5. The molecule has 1 N–H and O–H groups in total. The lowest BCUT2D eigenvalue weighted by atomic mass is 9.74. The molecule has 110 valence electrons. The van der Waals surface area contributed by atoms with Gasteiger partial charge < -0.3 is 5.11 Å². The molecule has 1 aromatic carbocycles. The van der Waals surface area contributed by atoms with E-state index in [4.69, 9.17) is 11.6 Å². The summed E-state index contributed by atoms with van der Waals surface area (Å²) in [6.45, 7) is 0. The maximum atomic E-state index is 10.8. The van der Waals surface area contributed by atoms with E-state index in [1.165, 1.54) is 5.56 Å². The first-order chi connectivity index (χ1) is 10.2. The summed E-state index contributed by atoms with van der Waals surface area (Å²) in [6, 6.07) is 12.5. The van der Waals surface area contributed by atoms with Gasteiger partial charge in [0.15, 0.2) is 0 Å². The van der Waals surface area contributed by atoms with Crippen molar-refractivity contribution in [1.82, 2.24) is 4.98 Å². The molecule has 0 amide bonds. The number of hydrogen-bond donors (Lipinski definition) is 1. The maximum Gasteiger partial charge on any atom is 0.0689 e. The van der Waals surface area contributed by atoms with E-state index >= 15 is 0 Å². The van der Waals surface area contributed by atoms with Gasteiger partial charge in [-0.05, 0) is 48.8 Å². The highest BCUT2D eigenvalue weighted by molar-refractivity contribution is 6.31. The van der Waals surface area contributed by atoms with Crippen molar-refractivity contribution in [2.24, 2.45) is 0 Å². The van der Waals surface area contributed by atoms with Crippen LogP contribution in [0.3, 0.4) is 0 Å².